The molecule has 0 radical (unpaired) electrons. The topological polar surface area (TPSA) is 26.3 Å². The Morgan fingerprint density at radius 1 is 1.56 bits per heavy atom. The fraction of sp³-hybridized carbons (Fsp3) is 0.250. The first-order chi connectivity index (χ1) is 7.63. The highest BCUT2D eigenvalue weighted by atomic mass is 35.5. The molecule has 0 aromatic heterocycles. The van der Waals surface area contributed by atoms with Crippen LogP contribution in [0.3, 0.4) is 0 Å². The fourth-order valence-electron chi connectivity index (χ4n) is 1.18. The number of thioether (sulfide) groups is 1. The van der Waals surface area contributed by atoms with Crippen LogP contribution < -0.4 is 4.74 Å². The van der Waals surface area contributed by atoms with Crippen molar-refractivity contribution in [3.8, 4) is 5.75 Å². The first-order valence-electron chi connectivity index (χ1n) is 4.77. The molecule has 86 valence electrons. The summed E-state index contributed by atoms with van der Waals surface area (Å²) < 4.78 is 5.19. The van der Waals surface area contributed by atoms with Gasteiger partial charge in [-0.15, -0.1) is 0 Å². The Morgan fingerprint density at radius 2 is 2.31 bits per heavy atom. The van der Waals surface area contributed by atoms with Crippen LogP contribution in [0.1, 0.15) is 12.5 Å². The van der Waals surface area contributed by atoms with Crippen LogP contribution in [0.4, 0.5) is 0 Å². The zero-order valence-electron chi connectivity index (χ0n) is 9.20. The third-order valence-corrected chi connectivity index (χ3v) is 2.87. The molecular weight excluding hydrogens is 244 g/mol. The van der Waals surface area contributed by atoms with E-state index in [9.17, 15) is 4.79 Å². The van der Waals surface area contributed by atoms with Crippen molar-refractivity contribution >= 4 is 34.6 Å². The van der Waals surface area contributed by atoms with E-state index in [0.29, 0.717) is 10.8 Å². The van der Waals surface area contributed by atoms with E-state index in [1.54, 1.807) is 20.1 Å². The van der Waals surface area contributed by atoms with E-state index in [1.165, 1.54) is 11.8 Å². The maximum Gasteiger partial charge on any atom is 0.186 e. The molecule has 1 aromatic rings. The lowest BCUT2D eigenvalue weighted by atomic mass is 10.2. The predicted octanol–water partition coefficient (Wildman–Crippen LogP) is 3.64. The molecular formula is C12H13ClO2S. The van der Waals surface area contributed by atoms with Crippen LogP contribution in [0, 0.1) is 0 Å². The molecule has 2 nitrogen and oxygen atoms in total. The van der Waals surface area contributed by atoms with Gasteiger partial charge in [0.05, 0.1) is 7.11 Å². The summed E-state index contributed by atoms with van der Waals surface area (Å²) in [6.07, 6.45) is 3.82. The number of rotatable bonds is 4. The van der Waals surface area contributed by atoms with E-state index < -0.39 is 0 Å². The quantitative estimate of drug-likeness (QED) is 0.823. The maximum atomic E-state index is 10.7. The molecule has 0 aliphatic carbocycles. The molecule has 16 heavy (non-hydrogen) atoms. The van der Waals surface area contributed by atoms with Crippen LogP contribution in [0.2, 0.25) is 5.02 Å². The minimum Gasteiger partial charge on any atom is -0.496 e. The third-order valence-electron chi connectivity index (χ3n) is 1.87. The fourth-order valence-corrected chi connectivity index (χ4v) is 1.78. The van der Waals surface area contributed by atoms with Crippen molar-refractivity contribution in [3.05, 3.63) is 34.9 Å². The molecule has 0 N–H and O–H groups in total. The first-order valence-corrected chi connectivity index (χ1v) is 6.13. The molecule has 0 bridgehead atoms. The lowest BCUT2D eigenvalue weighted by Gasteiger charge is -2.04. The van der Waals surface area contributed by atoms with Crippen molar-refractivity contribution in [2.75, 3.05) is 12.9 Å². The highest BCUT2D eigenvalue weighted by molar-refractivity contribution is 8.13. The molecule has 0 saturated carbocycles. The summed E-state index contributed by atoms with van der Waals surface area (Å²) in [7, 11) is 1.62. The van der Waals surface area contributed by atoms with Gasteiger partial charge in [-0.05, 0) is 18.2 Å². The molecule has 0 saturated heterocycles. The maximum absolute atomic E-state index is 10.7. The SMILES string of the molecule is COc1ccc(Cl)cc1C=CCSC(C)=O. The lowest BCUT2D eigenvalue weighted by molar-refractivity contribution is -0.109. The molecule has 0 unspecified atom stereocenters. The van der Waals surface area contributed by atoms with Gasteiger partial charge < -0.3 is 4.74 Å². The van der Waals surface area contributed by atoms with Crippen LogP contribution in [-0.2, 0) is 4.79 Å². The highest BCUT2D eigenvalue weighted by Gasteiger charge is 1.99. The lowest BCUT2D eigenvalue weighted by Crippen LogP contribution is -1.87. The minimum absolute atomic E-state index is 0.114. The van der Waals surface area contributed by atoms with Crippen molar-refractivity contribution in [3.63, 3.8) is 0 Å². The molecule has 4 heteroatoms. The Hall–Kier alpha value is -0.930. The van der Waals surface area contributed by atoms with Gasteiger partial charge in [0.15, 0.2) is 5.12 Å². The van der Waals surface area contributed by atoms with Gasteiger partial charge in [-0.2, -0.15) is 0 Å². The van der Waals surface area contributed by atoms with Crippen LogP contribution in [0.25, 0.3) is 6.08 Å². The van der Waals surface area contributed by atoms with E-state index in [0.717, 1.165) is 11.3 Å². The number of hydrogen-bond donors (Lipinski definition) is 0. The van der Waals surface area contributed by atoms with E-state index in [-0.39, 0.29) is 5.12 Å². The van der Waals surface area contributed by atoms with Crippen molar-refractivity contribution in [2.24, 2.45) is 0 Å². The smallest absolute Gasteiger partial charge is 0.186 e. The summed E-state index contributed by atoms with van der Waals surface area (Å²) in [6.45, 7) is 1.55. The molecule has 1 rings (SSSR count). The molecule has 0 atom stereocenters. The molecule has 0 heterocycles. The number of carbonyl (C=O) groups is 1. The van der Waals surface area contributed by atoms with Gasteiger partial charge in [0.1, 0.15) is 5.75 Å². The average molecular weight is 257 g/mol. The van der Waals surface area contributed by atoms with Crippen molar-refractivity contribution in [2.45, 2.75) is 6.92 Å². The molecule has 0 aliphatic rings. The standard InChI is InChI=1S/C12H13ClO2S/c1-9(14)16-7-3-4-10-8-11(13)5-6-12(10)15-2/h3-6,8H,7H2,1-2H3. The summed E-state index contributed by atoms with van der Waals surface area (Å²) in [5, 5.41) is 0.780. The van der Waals surface area contributed by atoms with E-state index in [2.05, 4.69) is 0 Å². The van der Waals surface area contributed by atoms with Crippen molar-refractivity contribution in [1.29, 1.82) is 0 Å². The number of ether oxygens (including phenoxy) is 1. The normalized spacial score (nSPS) is 10.7. The van der Waals surface area contributed by atoms with Gasteiger partial charge in [-0.3, -0.25) is 4.79 Å². The third kappa shape index (κ3) is 4.29. The van der Waals surface area contributed by atoms with Crippen LogP contribution >= 0.6 is 23.4 Å². The van der Waals surface area contributed by atoms with Gasteiger partial charge in [-0.1, -0.05) is 35.5 Å². The number of hydrogen-bond acceptors (Lipinski definition) is 3. The minimum atomic E-state index is 0.114. The Bertz CT molecular complexity index is 402. The summed E-state index contributed by atoms with van der Waals surface area (Å²) in [6, 6.07) is 5.43. The molecule has 0 amide bonds. The number of benzene rings is 1. The Morgan fingerprint density at radius 3 is 2.94 bits per heavy atom. The second-order valence-electron chi connectivity index (χ2n) is 3.09. The van der Waals surface area contributed by atoms with Crippen LogP contribution in [0.5, 0.6) is 5.75 Å². The first kappa shape index (κ1) is 13.1. The van der Waals surface area contributed by atoms with Crippen LogP contribution in [-0.4, -0.2) is 18.0 Å². The van der Waals surface area contributed by atoms with Gasteiger partial charge in [-0.25, -0.2) is 0 Å². The number of halogens is 1. The monoisotopic (exact) mass is 256 g/mol. The van der Waals surface area contributed by atoms with E-state index in [4.69, 9.17) is 16.3 Å². The average Bonchev–Trinajstić information content (AvgIpc) is 2.24. The summed E-state index contributed by atoms with van der Waals surface area (Å²) in [5.74, 6) is 1.43. The van der Waals surface area contributed by atoms with Gasteiger partial charge in [0.2, 0.25) is 0 Å². The second-order valence-corrected chi connectivity index (χ2v) is 4.72. The largest absolute Gasteiger partial charge is 0.496 e. The molecule has 0 aliphatic heterocycles. The molecule has 0 spiro atoms. The summed E-state index contributed by atoms with van der Waals surface area (Å²) in [5.41, 5.74) is 0.916. The van der Waals surface area contributed by atoms with Crippen LogP contribution in [0.15, 0.2) is 24.3 Å². The number of methoxy groups -OCH3 is 1. The van der Waals surface area contributed by atoms with Crippen molar-refractivity contribution < 1.29 is 9.53 Å². The van der Waals surface area contributed by atoms with E-state index >= 15 is 0 Å². The van der Waals surface area contributed by atoms with Crippen molar-refractivity contribution in [1.82, 2.24) is 0 Å². The zero-order valence-corrected chi connectivity index (χ0v) is 10.8. The predicted molar refractivity (Wildman–Crippen MR) is 70.2 cm³/mol. The second kappa shape index (κ2) is 6.61. The Balaban J connectivity index is 2.71. The number of carbonyl (C=O) groups excluding carboxylic acids is 1. The molecule has 0 fully saturated rings. The summed E-state index contributed by atoms with van der Waals surface area (Å²) >= 11 is 7.16. The van der Waals surface area contributed by atoms with Gasteiger partial charge in [0, 0.05) is 23.3 Å². The Labute approximate surface area is 105 Å². The Kier molecular flexibility index (Phi) is 5.43. The van der Waals surface area contributed by atoms with Gasteiger partial charge in [0.25, 0.3) is 0 Å². The summed E-state index contributed by atoms with van der Waals surface area (Å²) in [4.78, 5) is 10.7. The van der Waals surface area contributed by atoms with Gasteiger partial charge >= 0.3 is 0 Å². The molecule has 1 aromatic carbocycles. The zero-order chi connectivity index (χ0) is 12.0. The van der Waals surface area contributed by atoms with E-state index in [1.807, 2.05) is 24.3 Å². The highest BCUT2D eigenvalue weighted by Crippen LogP contribution is 2.23.